The van der Waals surface area contributed by atoms with Crippen LogP contribution in [0.1, 0.15) is 70.9 Å². The molecule has 0 fully saturated rings. The molecule has 2 unspecified atom stereocenters. The van der Waals surface area contributed by atoms with E-state index in [-0.39, 0.29) is 5.60 Å². The Hall–Kier alpha value is -1.02. The third kappa shape index (κ3) is 3.35. The van der Waals surface area contributed by atoms with Gasteiger partial charge in [-0.3, -0.25) is 0 Å². The van der Waals surface area contributed by atoms with Crippen molar-refractivity contribution in [3.63, 3.8) is 0 Å². The van der Waals surface area contributed by atoms with Gasteiger partial charge in [0, 0.05) is 18.0 Å². The Labute approximate surface area is 123 Å². The van der Waals surface area contributed by atoms with Gasteiger partial charge in [-0.2, -0.15) is 0 Å². The molecule has 0 bridgehead atoms. The van der Waals surface area contributed by atoms with E-state index < -0.39 is 0 Å². The summed E-state index contributed by atoms with van der Waals surface area (Å²) in [7, 11) is 0. The number of rotatable bonds is 7. The first-order chi connectivity index (χ1) is 9.74. The summed E-state index contributed by atoms with van der Waals surface area (Å²) < 4.78 is 6.44. The quantitative estimate of drug-likeness (QED) is 0.768. The number of ether oxygens (including phenoxy) is 1. The topological polar surface area (TPSA) is 21.3 Å². The van der Waals surface area contributed by atoms with Gasteiger partial charge in [-0.25, -0.2) is 0 Å². The molecular formula is C18H29NO. The van der Waals surface area contributed by atoms with E-state index >= 15 is 0 Å². The third-order valence-electron chi connectivity index (χ3n) is 4.47. The molecule has 2 nitrogen and oxygen atoms in total. The monoisotopic (exact) mass is 275 g/mol. The van der Waals surface area contributed by atoms with Crippen LogP contribution in [0.5, 0.6) is 5.75 Å². The number of nitrogens with one attached hydrogen (secondary N) is 1. The van der Waals surface area contributed by atoms with E-state index in [9.17, 15) is 0 Å². The fourth-order valence-electron chi connectivity index (χ4n) is 3.16. The highest BCUT2D eigenvalue weighted by Gasteiger charge is 2.38. The molecule has 0 aromatic heterocycles. The van der Waals surface area contributed by atoms with Crippen molar-refractivity contribution in [3.05, 3.63) is 29.8 Å². The van der Waals surface area contributed by atoms with E-state index in [0.717, 1.165) is 25.1 Å². The molecule has 1 aromatic carbocycles. The van der Waals surface area contributed by atoms with E-state index in [4.69, 9.17) is 4.74 Å². The fraction of sp³-hybridized carbons (Fsp3) is 0.667. The second kappa shape index (κ2) is 7.12. The van der Waals surface area contributed by atoms with Crippen molar-refractivity contribution in [2.24, 2.45) is 0 Å². The predicted molar refractivity (Wildman–Crippen MR) is 85.3 cm³/mol. The van der Waals surface area contributed by atoms with Gasteiger partial charge in [0.1, 0.15) is 11.4 Å². The second-order valence-corrected chi connectivity index (χ2v) is 5.99. The molecule has 1 aliphatic rings. The molecule has 2 heteroatoms. The minimum Gasteiger partial charge on any atom is -0.487 e. The average molecular weight is 275 g/mol. The van der Waals surface area contributed by atoms with Gasteiger partial charge >= 0.3 is 0 Å². The zero-order valence-electron chi connectivity index (χ0n) is 13.2. The lowest BCUT2D eigenvalue weighted by atomic mass is 9.82. The Balaban J connectivity index is 2.23. The molecule has 0 radical (unpaired) electrons. The summed E-state index contributed by atoms with van der Waals surface area (Å²) in [5.41, 5.74) is 1.36. The maximum absolute atomic E-state index is 6.44. The maximum atomic E-state index is 6.44. The van der Waals surface area contributed by atoms with Crippen LogP contribution >= 0.6 is 0 Å². The minimum absolute atomic E-state index is 0.0236. The van der Waals surface area contributed by atoms with Crippen LogP contribution in [0.4, 0.5) is 0 Å². The van der Waals surface area contributed by atoms with E-state index in [0.29, 0.717) is 6.04 Å². The highest BCUT2D eigenvalue weighted by Crippen LogP contribution is 2.43. The largest absolute Gasteiger partial charge is 0.487 e. The van der Waals surface area contributed by atoms with Gasteiger partial charge in [-0.05, 0) is 38.3 Å². The molecule has 2 atom stereocenters. The molecule has 1 aliphatic heterocycles. The van der Waals surface area contributed by atoms with Crippen LogP contribution in [-0.4, -0.2) is 12.1 Å². The van der Waals surface area contributed by atoms with Crippen molar-refractivity contribution in [3.8, 4) is 5.75 Å². The smallest absolute Gasteiger partial charge is 0.124 e. The first-order valence-electron chi connectivity index (χ1n) is 8.26. The molecule has 0 saturated heterocycles. The van der Waals surface area contributed by atoms with Gasteiger partial charge in [0.05, 0.1) is 0 Å². The first-order valence-corrected chi connectivity index (χ1v) is 8.26. The lowest BCUT2D eigenvalue weighted by Crippen LogP contribution is -2.44. The number of fused-ring (bicyclic) bond motifs is 1. The Bertz CT molecular complexity index is 418. The SMILES string of the molecule is CCCCC1(CC)CC(NCCC)c2ccccc2O1. The Morgan fingerprint density at radius 3 is 2.70 bits per heavy atom. The summed E-state index contributed by atoms with van der Waals surface area (Å²) >= 11 is 0. The van der Waals surface area contributed by atoms with Crippen molar-refractivity contribution in [2.45, 2.75) is 70.9 Å². The lowest BCUT2D eigenvalue weighted by molar-refractivity contribution is 0.0166. The van der Waals surface area contributed by atoms with Gasteiger partial charge < -0.3 is 10.1 Å². The van der Waals surface area contributed by atoms with Gasteiger partial charge in [-0.1, -0.05) is 45.4 Å². The van der Waals surface area contributed by atoms with Gasteiger partial charge in [-0.15, -0.1) is 0 Å². The standard InChI is InChI=1S/C18H29NO/c1-4-7-12-18(6-3)14-16(19-13-5-2)15-10-8-9-11-17(15)20-18/h8-11,16,19H,4-7,12-14H2,1-3H3. The molecule has 1 heterocycles. The average Bonchev–Trinajstić information content (AvgIpc) is 2.50. The number of hydrogen-bond donors (Lipinski definition) is 1. The maximum Gasteiger partial charge on any atom is 0.124 e. The number of benzene rings is 1. The summed E-state index contributed by atoms with van der Waals surface area (Å²) in [6.45, 7) is 7.82. The molecule has 0 amide bonds. The normalized spacial score (nSPS) is 25.1. The van der Waals surface area contributed by atoms with Gasteiger partial charge in [0.25, 0.3) is 0 Å². The summed E-state index contributed by atoms with van der Waals surface area (Å²) in [4.78, 5) is 0. The van der Waals surface area contributed by atoms with E-state index in [1.54, 1.807) is 0 Å². The molecule has 0 spiro atoms. The van der Waals surface area contributed by atoms with Gasteiger partial charge in [0.2, 0.25) is 0 Å². The molecule has 1 N–H and O–H groups in total. The highest BCUT2D eigenvalue weighted by molar-refractivity contribution is 5.39. The van der Waals surface area contributed by atoms with Crippen molar-refractivity contribution >= 4 is 0 Å². The Morgan fingerprint density at radius 1 is 1.20 bits per heavy atom. The minimum atomic E-state index is 0.0236. The summed E-state index contributed by atoms with van der Waals surface area (Å²) in [5.74, 6) is 1.09. The van der Waals surface area contributed by atoms with Crippen LogP contribution in [-0.2, 0) is 0 Å². The molecule has 0 aliphatic carbocycles. The van der Waals surface area contributed by atoms with Crippen LogP contribution < -0.4 is 10.1 Å². The number of hydrogen-bond acceptors (Lipinski definition) is 2. The molecule has 20 heavy (non-hydrogen) atoms. The van der Waals surface area contributed by atoms with Crippen molar-refractivity contribution in [1.82, 2.24) is 5.32 Å². The molecule has 0 saturated carbocycles. The van der Waals surface area contributed by atoms with Crippen molar-refractivity contribution < 1.29 is 4.74 Å². The van der Waals surface area contributed by atoms with E-state index in [2.05, 4.69) is 50.4 Å². The zero-order chi connectivity index (χ0) is 14.4. The van der Waals surface area contributed by atoms with Crippen LogP contribution in [0, 0.1) is 0 Å². The molecular weight excluding hydrogens is 246 g/mol. The summed E-state index contributed by atoms with van der Waals surface area (Å²) in [6.07, 6.45) is 7.01. The zero-order valence-corrected chi connectivity index (χ0v) is 13.2. The first kappa shape index (κ1) is 15.4. The fourth-order valence-corrected chi connectivity index (χ4v) is 3.16. The van der Waals surface area contributed by atoms with E-state index in [1.807, 2.05) is 0 Å². The third-order valence-corrected chi connectivity index (χ3v) is 4.47. The lowest BCUT2D eigenvalue weighted by Gasteiger charge is -2.42. The molecule has 1 aromatic rings. The van der Waals surface area contributed by atoms with Crippen LogP contribution in [0.15, 0.2) is 24.3 Å². The van der Waals surface area contributed by atoms with Crippen LogP contribution in [0.2, 0.25) is 0 Å². The summed E-state index contributed by atoms with van der Waals surface area (Å²) in [5, 5.41) is 3.71. The summed E-state index contributed by atoms with van der Waals surface area (Å²) in [6, 6.07) is 8.99. The van der Waals surface area contributed by atoms with Crippen LogP contribution in [0.25, 0.3) is 0 Å². The highest BCUT2D eigenvalue weighted by atomic mass is 16.5. The molecule has 2 rings (SSSR count). The number of unbranched alkanes of at least 4 members (excludes halogenated alkanes) is 1. The van der Waals surface area contributed by atoms with Crippen molar-refractivity contribution in [2.75, 3.05) is 6.54 Å². The molecule has 112 valence electrons. The van der Waals surface area contributed by atoms with Crippen molar-refractivity contribution in [1.29, 1.82) is 0 Å². The predicted octanol–water partition coefficient (Wildman–Crippen LogP) is 4.85. The Kier molecular flexibility index (Phi) is 5.47. The Morgan fingerprint density at radius 2 is 2.00 bits per heavy atom. The second-order valence-electron chi connectivity index (χ2n) is 5.99. The van der Waals surface area contributed by atoms with E-state index in [1.165, 1.54) is 31.2 Å². The van der Waals surface area contributed by atoms with Crippen LogP contribution in [0.3, 0.4) is 0 Å². The van der Waals surface area contributed by atoms with Gasteiger partial charge in [0.15, 0.2) is 0 Å². The number of para-hydroxylation sites is 1.